The third-order valence-corrected chi connectivity index (χ3v) is 6.47. The van der Waals surface area contributed by atoms with E-state index in [1.54, 1.807) is 18.2 Å². The third-order valence-electron chi connectivity index (χ3n) is 3.88. The van der Waals surface area contributed by atoms with Gasteiger partial charge in [0.05, 0.1) is 27.0 Å². The first-order chi connectivity index (χ1) is 12.9. The number of nitrogens with zero attached hydrogens (tertiary/aromatic N) is 1. The van der Waals surface area contributed by atoms with Gasteiger partial charge < -0.3 is 10.7 Å². The molecule has 0 aliphatic rings. The van der Waals surface area contributed by atoms with Gasteiger partial charge in [-0.2, -0.15) is 0 Å². The highest BCUT2D eigenvalue weighted by Gasteiger charge is 2.20. The summed E-state index contributed by atoms with van der Waals surface area (Å²) in [5.41, 5.74) is 1.23. The lowest BCUT2D eigenvalue weighted by atomic mass is 10.1. The number of thiazole rings is 1. The molecule has 0 aliphatic carbocycles. The van der Waals surface area contributed by atoms with Crippen LogP contribution in [0.25, 0.3) is 0 Å². The van der Waals surface area contributed by atoms with Crippen molar-refractivity contribution in [2.24, 2.45) is 0 Å². The first kappa shape index (κ1) is 18.9. The zero-order chi connectivity index (χ0) is 19.4. The quantitative estimate of drug-likeness (QED) is 0.622. The zero-order valence-electron chi connectivity index (χ0n) is 14.5. The van der Waals surface area contributed by atoms with Gasteiger partial charge in [0.25, 0.3) is 5.91 Å². The van der Waals surface area contributed by atoms with Crippen LogP contribution in [0.15, 0.2) is 63.7 Å². The van der Waals surface area contributed by atoms with Crippen LogP contribution in [0.3, 0.4) is 0 Å². The number of aromatic nitrogens is 1. The number of sulfone groups is 1. The van der Waals surface area contributed by atoms with E-state index in [1.807, 2.05) is 12.3 Å². The molecule has 27 heavy (non-hydrogen) atoms. The second-order valence-electron chi connectivity index (χ2n) is 5.75. The van der Waals surface area contributed by atoms with E-state index in [-0.39, 0.29) is 33.4 Å². The minimum absolute atomic E-state index is 0.0406. The summed E-state index contributed by atoms with van der Waals surface area (Å²) in [6.45, 7) is 2.15. The monoisotopic (exact) mass is 399 g/mol. The summed E-state index contributed by atoms with van der Waals surface area (Å²) in [4.78, 5) is 16.9. The maximum atomic E-state index is 12.7. The summed E-state index contributed by atoms with van der Waals surface area (Å²) in [5.74, 6) is -0.386. The van der Waals surface area contributed by atoms with Gasteiger partial charge in [-0.1, -0.05) is 18.2 Å². The van der Waals surface area contributed by atoms with Gasteiger partial charge in [0.1, 0.15) is 0 Å². The number of hydrogen-bond donors (Lipinski definition) is 2. The lowest BCUT2D eigenvalue weighted by Gasteiger charge is -2.10. The van der Waals surface area contributed by atoms with Crippen molar-refractivity contribution < 1.29 is 13.2 Å². The molecule has 0 bridgehead atoms. The van der Waals surface area contributed by atoms with Crippen LogP contribution in [0, 0.1) is 12.3 Å². The Kier molecular flexibility index (Phi) is 5.48. The number of amides is 1. The van der Waals surface area contributed by atoms with Crippen LogP contribution in [-0.4, -0.2) is 25.5 Å². The summed E-state index contributed by atoms with van der Waals surface area (Å²) in [6, 6.07) is 12.2. The number of hydrogen-bond acceptors (Lipinski definition) is 6. The molecule has 1 amide bonds. The summed E-state index contributed by atoms with van der Waals surface area (Å²) < 4.78 is 25.4. The van der Waals surface area contributed by atoms with Gasteiger partial charge in [0.2, 0.25) is 9.84 Å². The van der Waals surface area contributed by atoms with Gasteiger partial charge in [-0.3, -0.25) is 4.79 Å². The first-order valence-corrected chi connectivity index (χ1v) is 10.4. The molecular formula is C19H17N3O3S2. The third kappa shape index (κ3) is 4.12. The Morgan fingerprint density at radius 3 is 2.56 bits per heavy atom. The molecule has 2 N–H and O–H groups in total. The summed E-state index contributed by atoms with van der Waals surface area (Å²) in [5, 5.41) is 13.1. The molecule has 3 rings (SSSR count). The summed E-state index contributed by atoms with van der Waals surface area (Å²) >= 11 is 1.50. The molecule has 0 atom stereocenters. The Bertz CT molecular complexity index is 1090. The van der Waals surface area contributed by atoms with Crippen LogP contribution in [-0.2, 0) is 16.4 Å². The van der Waals surface area contributed by atoms with Crippen LogP contribution in [0.1, 0.15) is 26.6 Å². The van der Waals surface area contributed by atoms with Crippen molar-refractivity contribution in [3.05, 3.63) is 75.7 Å². The molecule has 6 nitrogen and oxygen atoms in total. The fourth-order valence-electron chi connectivity index (χ4n) is 2.53. The van der Waals surface area contributed by atoms with Crippen LogP contribution in [0.2, 0.25) is 0 Å². The molecule has 138 valence electrons. The van der Waals surface area contributed by atoms with Crippen LogP contribution in [0.4, 0.5) is 0 Å². The molecule has 2 aromatic carbocycles. The van der Waals surface area contributed by atoms with E-state index in [1.165, 1.54) is 41.7 Å². The van der Waals surface area contributed by atoms with E-state index in [0.29, 0.717) is 0 Å². The molecule has 3 aromatic rings. The van der Waals surface area contributed by atoms with Crippen LogP contribution in [0.5, 0.6) is 0 Å². The summed E-state index contributed by atoms with van der Waals surface area (Å²) in [7, 11) is -3.71. The van der Waals surface area contributed by atoms with E-state index >= 15 is 0 Å². The van der Waals surface area contributed by atoms with Gasteiger partial charge in [0, 0.05) is 22.7 Å². The molecule has 1 aromatic heterocycles. The molecule has 8 heteroatoms. The molecule has 0 saturated carbocycles. The topological polar surface area (TPSA) is 100.0 Å². The van der Waals surface area contributed by atoms with Crippen molar-refractivity contribution in [3.8, 4) is 0 Å². The number of aryl methyl sites for hydroxylation is 1. The Morgan fingerprint density at radius 1 is 1.19 bits per heavy atom. The average molecular weight is 399 g/mol. The second kappa shape index (κ2) is 7.81. The van der Waals surface area contributed by atoms with E-state index in [4.69, 9.17) is 5.41 Å². The predicted octanol–water partition coefficient (Wildman–Crippen LogP) is 3.21. The Balaban J connectivity index is 1.86. The largest absolute Gasteiger partial charge is 0.346 e. The maximum absolute atomic E-state index is 12.7. The zero-order valence-corrected chi connectivity index (χ0v) is 16.1. The van der Waals surface area contributed by atoms with Crippen LogP contribution >= 0.6 is 11.3 Å². The molecule has 0 saturated heterocycles. The highest BCUT2D eigenvalue weighted by molar-refractivity contribution is 7.91. The normalized spacial score (nSPS) is 11.1. The smallest absolute Gasteiger partial charge is 0.252 e. The molecule has 0 spiro atoms. The Labute approximate surface area is 161 Å². The van der Waals surface area contributed by atoms with E-state index < -0.39 is 9.84 Å². The maximum Gasteiger partial charge on any atom is 0.252 e. The van der Waals surface area contributed by atoms with E-state index in [2.05, 4.69) is 10.3 Å². The minimum Gasteiger partial charge on any atom is -0.346 e. The SMILES string of the molecule is Cc1nc(CNC(=O)c2ccc(S(=O)(=O)c3ccccc3)cc2C=N)cs1. The number of carbonyl (C=O) groups excluding carboxylic acids is 1. The van der Waals surface area contributed by atoms with Gasteiger partial charge in [-0.05, 0) is 37.3 Å². The average Bonchev–Trinajstić information content (AvgIpc) is 3.11. The fourth-order valence-corrected chi connectivity index (χ4v) is 4.45. The number of carbonyl (C=O) groups is 1. The minimum atomic E-state index is -3.71. The lowest BCUT2D eigenvalue weighted by Crippen LogP contribution is -2.24. The Hall–Kier alpha value is -2.84. The standard InChI is InChI=1S/C19H17N3O3S2/c1-13-22-15(12-26-13)11-21-19(23)18-8-7-17(9-14(18)10-20)27(24,25)16-5-3-2-4-6-16/h2-10,12,20H,11H2,1H3,(H,21,23). The second-order valence-corrected chi connectivity index (χ2v) is 8.76. The van der Waals surface area contributed by atoms with Crippen molar-refractivity contribution in [1.82, 2.24) is 10.3 Å². The van der Waals surface area contributed by atoms with Gasteiger partial charge in [0.15, 0.2) is 0 Å². The van der Waals surface area contributed by atoms with E-state index in [9.17, 15) is 13.2 Å². The van der Waals surface area contributed by atoms with Crippen molar-refractivity contribution in [1.29, 1.82) is 5.41 Å². The highest BCUT2D eigenvalue weighted by Crippen LogP contribution is 2.22. The van der Waals surface area contributed by atoms with Crippen molar-refractivity contribution >= 4 is 33.3 Å². The predicted molar refractivity (Wildman–Crippen MR) is 104 cm³/mol. The molecule has 1 heterocycles. The molecule has 0 radical (unpaired) electrons. The number of nitrogens with one attached hydrogen (secondary N) is 2. The number of benzene rings is 2. The van der Waals surface area contributed by atoms with E-state index in [0.717, 1.165) is 16.9 Å². The van der Waals surface area contributed by atoms with Crippen molar-refractivity contribution in [2.45, 2.75) is 23.3 Å². The molecule has 0 aliphatic heterocycles. The molecule has 0 unspecified atom stereocenters. The highest BCUT2D eigenvalue weighted by atomic mass is 32.2. The van der Waals surface area contributed by atoms with Gasteiger partial charge >= 0.3 is 0 Å². The van der Waals surface area contributed by atoms with Crippen molar-refractivity contribution in [3.63, 3.8) is 0 Å². The van der Waals surface area contributed by atoms with Crippen molar-refractivity contribution in [2.75, 3.05) is 0 Å². The van der Waals surface area contributed by atoms with Gasteiger partial charge in [-0.15, -0.1) is 11.3 Å². The number of rotatable bonds is 6. The molecule has 0 fully saturated rings. The Morgan fingerprint density at radius 2 is 1.93 bits per heavy atom. The van der Waals surface area contributed by atoms with Crippen LogP contribution < -0.4 is 5.32 Å². The fraction of sp³-hybridized carbons (Fsp3) is 0.105. The lowest BCUT2D eigenvalue weighted by molar-refractivity contribution is 0.0950. The molecular weight excluding hydrogens is 382 g/mol. The first-order valence-electron chi connectivity index (χ1n) is 8.05. The van der Waals surface area contributed by atoms with Gasteiger partial charge in [-0.25, -0.2) is 13.4 Å². The summed E-state index contributed by atoms with van der Waals surface area (Å²) in [6.07, 6.45) is 0.978.